The molecule has 0 radical (unpaired) electrons. The molecule has 0 amide bonds. The standard InChI is InChI=1S/C8H15O6P/c1-11-15(10,12-2)4-3-8(9)14-6-7-5-13-7/h7H,3-6H2,1-2H3. The van der Waals surface area contributed by atoms with Gasteiger partial charge in [0.05, 0.1) is 19.2 Å². The van der Waals surface area contributed by atoms with Gasteiger partial charge in [-0.25, -0.2) is 0 Å². The van der Waals surface area contributed by atoms with Crippen LogP contribution in [0, 0.1) is 0 Å². The molecule has 1 heterocycles. The molecule has 1 aliphatic heterocycles. The molecule has 0 aliphatic carbocycles. The summed E-state index contributed by atoms with van der Waals surface area (Å²) in [5, 5.41) is 0. The van der Waals surface area contributed by atoms with Crippen LogP contribution in [0.5, 0.6) is 0 Å². The van der Waals surface area contributed by atoms with E-state index in [1.165, 1.54) is 14.2 Å². The van der Waals surface area contributed by atoms with Crippen molar-refractivity contribution in [2.45, 2.75) is 12.5 Å². The van der Waals surface area contributed by atoms with Crippen molar-refractivity contribution in [3.05, 3.63) is 0 Å². The molecule has 1 atom stereocenters. The minimum Gasteiger partial charge on any atom is -0.463 e. The molecule has 6 nitrogen and oxygen atoms in total. The molecular formula is C8H15O6P. The highest BCUT2D eigenvalue weighted by molar-refractivity contribution is 7.53. The van der Waals surface area contributed by atoms with E-state index in [1.54, 1.807) is 0 Å². The summed E-state index contributed by atoms with van der Waals surface area (Å²) < 4.78 is 30.6. The summed E-state index contributed by atoms with van der Waals surface area (Å²) in [5.41, 5.74) is 0. The maximum Gasteiger partial charge on any atom is 0.330 e. The summed E-state index contributed by atoms with van der Waals surface area (Å²) in [5.74, 6) is -0.417. The summed E-state index contributed by atoms with van der Waals surface area (Å²) >= 11 is 0. The first-order valence-electron chi connectivity index (χ1n) is 4.57. The van der Waals surface area contributed by atoms with Gasteiger partial charge in [-0.15, -0.1) is 0 Å². The second-order valence-electron chi connectivity index (χ2n) is 3.09. The van der Waals surface area contributed by atoms with Crippen molar-refractivity contribution in [3.63, 3.8) is 0 Å². The molecule has 0 N–H and O–H groups in total. The number of ether oxygens (including phenoxy) is 2. The molecule has 0 aromatic carbocycles. The van der Waals surface area contributed by atoms with Gasteiger partial charge in [-0.05, 0) is 0 Å². The lowest BCUT2D eigenvalue weighted by atomic mass is 10.5. The van der Waals surface area contributed by atoms with Crippen molar-refractivity contribution >= 4 is 13.6 Å². The lowest BCUT2D eigenvalue weighted by Crippen LogP contribution is -2.11. The predicted molar refractivity (Wildman–Crippen MR) is 51.8 cm³/mol. The molecular weight excluding hydrogens is 223 g/mol. The average molecular weight is 238 g/mol. The van der Waals surface area contributed by atoms with E-state index in [-0.39, 0.29) is 25.3 Å². The Bertz CT molecular complexity index is 254. The fourth-order valence-corrected chi connectivity index (χ4v) is 1.88. The molecule has 15 heavy (non-hydrogen) atoms. The smallest absolute Gasteiger partial charge is 0.330 e. The molecule has 0 aromatic heterocycles. The summed E-state index contributed by atoms with van der Waals surface area (Å²) in [6.07, 6.45) is 0.0985. The second-order valence-corrected chi connectivity index (χ2v) is 5.49. The molecule has 0 saturated carbocycles. The molecule has 0 bridgehead atoms. The fourth-order valence-electron chi connectivity index (χ4n) is 0.908. The largest absolute Gasteiger partial charge is 0.463 e. The quantitative estimate of drug-likeness (QED) is 0.371. The Kier molecular flexibility index (Phi) is 4.73. The second kappa shape index (κ2) is 5.61. The van der Waals surface area contributed by atoms with Gasteiger partial charge in [-0.2, -0.15) is 0 Å². The number of hydrogen-bond donors (Lipinski definition) is 0. The molecule has 1 rings (SSSR count). The highest BCUT2D eigenvalue weighted by atomic mass is 31.2. The normalized spacial score (nSPS) is 20.0. The van der Waals surface area contributed by atoms with Crippen molar-refractivity contribution in [3.8, 4) is 0 Å². The predicted octanol–water partition coefficient (Wildman–Crippen LogP) is 0.804. The first-order valence-corrected chi connectivity index (χ1v) is 6.30. The van der Waals surface area contributed by atoms with Gasteiger partial charge >= 0.3 is 13.6 Å². The summed E-state index contributed by atoms with van der Waals surface area (Å²) in [7, 11) is -0.528. The van der Waals surface area contributed by atoms with Gasteiger partial charge in [-0.3, -0.25) is 9.36 Å². The van der Waals surface area contributed by atoms with Crippen LogP contribution in [0.2, 0.25) is 0 Å². The number of epoxide rings is 1. The van der Waals surface area contributed by atoms with Crippen LogP contribution in [-0.2, 0) is 27.9 Å². The summed E-state index contributed by atoms with van der Waals surface area (Å²) in [4.78, 5) is 11.1. The first-order chi connectivity index (χ1) is 7.09. The third kappa shape index (κ3) is 4.75. The van der Waals surface area contributed by atoms with E-state index in [2.05, 4.69) is 9.05 Å². The molecule has 0 spiro atoms. The average Bonchev–Trinajstić information content (AvgIpc) is 3.07. The highest BCUT2D eigenvalue weighted by Crippen LogP contribution is 2.46. The lowest BCUT2D eigenvalue weighted by molar-refractivity contribution is -0.143. The van der Waals surface area contributed by atoms with Gasteiger partial charge < -0.3 is 18.5 Å². The summed E-state index contributed by atoms with van der Waals surface area (Å²) in [6, 6.07) is 0. The Morgan fingerprint density at radius 1 is 1.47 bits per heavy atom. The van der Waals surface area contributed by atoms with Gasteiger partial charge in [-0.1, -0.05) is 0 Å². The molecule has 7 heteroatoms. The highest BCUT2D eigenvalue weighted by Gasteiger charge is 2.26. The molecule has 1 unspecified atom stereocenters. The van der Waals surface area contributed by atoms with Crippen molar-refractivity contribution in [2.75, 3.05) is 33.6 Å². The van der Waals surface area contributed by atoms with Crippen molar-refractivity contribution in [1.29, 1.82) is 0 Å². The Morgan fingerprint density at radius 3 is 2.53 bits per heavy atom. The Hall–Kier alpha value is -0.420. The number of hydrogen-bond acceptors (Lipinski definition) is 6. The minimum atomic E-state index is -3.10. The number of rotatable bonds is 7. The zero-order chi connectivity index (χ0) is 11.3. The SMILES string of the molecule is COP(=O)(CCC(=O)OCC1CO1)OC. The van der Waals surface area contributed by atoms with Crippen LogP contribution in [0.25, 0.3) is 0 Å². The maximum atomic E-state index is 11.5. The van der Waals surface area contributed by atoms with E-state index in [9.17, 15) is 9.36 Å². The van der Waals surface area contributed by atoms with Crippen molar-refractivity contribution in [1.82, 2.24) is 0 Å². The zero-order valence-corrected chi connectivity index (χ0v) is 9.70. The number of carbonyl (C=O) groups excluding carboxylic acids is 1. The number of esters is 1. The Labute approximate surface area is 88.4 Å². The van der Waals surface area contributed by atoms with Crippen molar-refractivity contribution in [2.24, 2.45) is 0 Å². The first kappa shape index (κ1) is 12.6. The van der Waals surface area contributed by atoms with E-state index in [4.69, 9.17) is 9.47 Å². The van der Waals surface area contributed by atoms with Crippen LogP contribution in [0.1, 0.15) is 6.42 Å². The van der Waals surface area contributed by atoms with Gasteiger partial charge in [0.15, 0.2) is 0 Å². The van der Waals surface area contributed by atoms with E-state index < -0.39 is 13.6 Å². The van der Waals surface area contributed by atoms with Crippen LogP contribution >= 0.6 is 7.60 Å². The van der Waals surface area contributed by atoms with Gasteiger partial charge in [0, 0.05) is 14.2 Å². The molecule has 88 valence electrons. The molecule has 1 fully saturated rings. The maximum absolute atomic E-state index is 11.5. The molecule has 1 aliphatic rings. The third-order valence-electron chi connectivity index (χ3n) is 1.98. The van der Waals surface area contributed by atoms with Crippen LogP contribution in [0.3, 0.4) is 0 Å². The van der Waals surface area contributed by atoms with E-state index in [1.807, 2.05) is 0 Å². The monoisotopic (exact) mass is 238 g/mol. The topological polar surface area (TPSA) is 74.4 Å². The van der Waals surface area contributed by atoms with Gasteiger partial charge in [0.2, 0.25) is 0 Å². The minimum absolute atomic E-state index is 0.0195. The van der Waals surface area contributed by atoms with Crippen LogP contribution in [-0.4, -0.2) is 45.7 Å². The van der Waals surface area contributed by atoms with E-state index in [0.717, 1.165) is 0 Å². The number of carbonyl (C=O) groups is 1. The Balaban J connectivity index is 2.16. The molecule has 0 aromatic rings. The lowest BCUT2D eigenvalue weighted by Gasteiger charge is -2.12. The fraction of sp³-hybridized carbons (Fsp3) is 0.875. The van der Waals surface area contributed by atoms with E-state index >= 15 is 0 Å². The van der Waals surface area contributed by atoms with Crippen LogP contribution < -0.4 is 0 Å². The van der Waals surface area contributed by atoms with Gasteiger partial charge in [0.1, 0.15) is 12.7 Å². The van der Waals surface area contributed by atoms with Crippen molar-refractivity contribution < 1.29 is 27.9 Å². The zero-order valence-electron chi connectivity index (χ0n) is 8.80. The summed E-state index contributed by atoms with van der Waals surface area (Å²) in [6.45, 7) is 0.908. The Morgan fingerprint density at radius 2 is 2.07 bits per heavy atom. The third-order valence-corrected chi connectivity index (χ3v) is 3.86. The van der Waals surface area contributed by atoms with Crippen LogP contribution in [0.4, 0.5) is 0 Å². The van der Waals surface area contributed by atoms with Crippen LogP contribution in [0.15, 0.2) is 0 Å². The van der Waals surface area contributed by atoms with Gasteiger partial charge in [0.25, 0.3) is 0 Å². The van der Waals surface area contributed by atoms with E-state index in [0.29, 0.717) is 6.61 Å². The molecule has 1 saturated heterocycles.